The summed E-state index contributed by atoms with van der Waals surface area (Å²) in [5, 5.41) is 5.40. The molecule has 0 radical (unpaired) electrons. The van der Waals surface area contributed by atoms with Gasteiger partial charge < -0.3 is 10.2 Å². The maximum atomic E-state index is 12.6. The number of nitrogens with one attached hydrogen (secondary N) is 1. The summed E-state index contributed by atoms with van der Waals surface area (Å²) in [6, 6.07) is 2.24. The largest absolute Gasteiger partial charge is 0.336 e. The fourth-order valence-corrected chi connectivity index (χ4v) is 3.79. The van der Waals surface area contributed by atoms with E-state index in [1.165, 1.54) is 15.7 Å². The number of nitrogens with zero attached hydrogens (tertiary/aromatic N) is 1. The highest BCUT2D eigenvalue weighted by Gasteiger charge is 2.24. The van der Waals surface area contributed by atoms with Crippen molar-refractivity contribution in [3.8, 4) is 0 Å². The van der Waals surface area contributed by atoms with E-state index in [9.17, 15) is 4.79 Å². The average molecular weight is 392 g/mol. The molecule has 0 spiro atoms. The van der Waals surface area contributed by atoms with E-state index in [0.29, 0.717) is 5.92 Å². The quantitative estimate of drug-likeness (QED) is 0.799. The zero-order valence-electron chi connectivity index (χ0n) is 11.5. The van der Waals surface area contributed by atoms with Gasteiger partial charge in [0.2, 0.25) is 0 Å². The molecule has 1 aromatic rings. The third-order valence-corrected chi connectivity index (χ3v) is 5.34. The molecule has 106 valence electrons. The third kappa shape index (κ3) is 4.16. The fourth-order valence-electron chi connectivity index (χ4n) is 2.47. The van der Waals surface area contributed by atoms with E-state index >= 15 is 0 Å². The predicted molar refractivity (Wildman–Crippen MR) is 88.8 cm³/mol. The van der Waals surface area contributed by atoms with Crippen LogP contribution in [-0.2, 0) is 0 Å². The lowest BCUT2D eigenvalue weighted by molar-refractivity contribution is 0.0661. The highest BCUT2D eigenvalue weighted by molar-refractivity contribution is 14.1. The second-order valence-electron chi connectivity index (χ2n) is 5.40. The SMILES string of the molecule is CC(C)N(CC1CCCNC1)C(=O)c1csc(I)c1. The van der Waals surface area contributed by atoms with Gasteiger partial charge in [-0.1, -0.05) is 0 Å². The summed E-state index contributed by atoms with van der Waals surface area (Å²) in [6.07, 6.45) is 2.45. The van der Waals surface area contributed by atoms with Gasteiger partial charge in [-0.2, -0.15) is 0 Å². The van der Waals surface area contributed by atoms with Crippen molar-refractivity contribution in [3.05, 3.63) is 19.9 Å². The van der Waals surface area contributed by atoms with Crippen molar-refractivity contribution in [2.75, 3.05) is 19.6 Å². The number of rotatable bonds is 4. The molecule has 0 aromatic carbocycles. The van der Waals surface area contributed by atoms with Gasteiger partial charge >= 0.3 is 0 Å². The standard InChI is InChI=1S/C14H21IN2OS/c1-10(2)17(8-11-4-3-5-16-7-11)14(18)12-6-13(15)19-9-12/h6,9-11,16H,3-5,7-8H2,1-2H3. The van der Waals surface area contributed by atoms with Gasteiger partial charge in [0.05, 0.1) is 8.45 Å². The van der Waals surface area contributed by atoms with Crippen molar-refractivity contribution in [2.45, 2.75) is 32.7 Å². The van der Waals surface area contributed by atoms with Gasteiger partial charge in [0.1, 0.15) is 0 Å². The van der Waals surface area contributed by atoms with Crippen molar-refractivity contribution < 1.29 is 4.79 Å². The molecule has 1 fully saturated rings. The lowest BCUT2D eigenvalue weighted by Crippen LogP contribution is -2.44. The van der Waals surface area contributed by atoms with Gasteiger partial charge in [-0.25, -0.2) is 0 Å². The summed E-state index contributed by atoms with van der Waals surface area (Å²) in [7, 11) is 0. The summed E-state index contributed by atoms with van der Waals surface area (Å²) in [6.45, 7) is 7.24. The van der Waals surface area contributed by atoms with Gasteiger partial charge in [-0.15, -0.1) is 11.3 Å². The Bertz CT molecular complexity index is 427. The molecule has 0 bridgehead atoms. The lowest BCUT2D eigenvalue weighted by Gasteiger charge is -2.32. The van der Waals surface area contributed by atoms with Gasteiger partial charge in [0.25, 0.3) is 5.91 Å². The molecule has 1 N–H and O–H groups in total. The number of thiophene rings is 1. The number of carbonyl (C=O) groups excluding carboxylic acids is 1. The van der Waals surface area contributed by atoms with Gasteiger partial charge in [0.15, 0.2) is 0 Å². The van der Waals surface area contributed by atoms with Gasteiger partial charge in [-0.3, -0.25) is 4.79 Å². The van der Waals surface area contributed by atoms with E-state index in [1.807, 2.05) is 16.3 Å². The van der Waals surface area contributed by atoms with Crippen LogP contribution in [0.5, 0.6) is 0 Å². The van der Waals surface area contributed by atoms with Crippen molar-refractivity contribution in [1.82, 2.24) is 10.2 Å². The van der Waals surface area contributed by atoms with Crippen molar-refractivity contribution in [2.24, 2.45) is 5.92 Å². The molecule has 1 saturated heterocycles. The molecule has 1 aliphatic rings. The summed E-state index contributed by atoms with van der Waals surface area (Å²) >= 11 is 3.90. The normalized spacial score (nSPS) is 19.7. The first-order valence-corrected chi connectivity index (χ1v) is 8.79. The summed E-state index contributed by atoms with van der Waals surface area (Å²) in [5.41, 5.74) is 0.840. The Kier molecular flexibility index (Phi) is 5.65. The van der Waals surface area contributed by atoms with Crippen LogP contribution < -0.4 is 5.32 Å². The highest BCUT2D eigenvalue weighted by atomic mass is 127. The van der Waals surface area contributed by atoms with Crippen LogP contribution in [0, 0.1) is 8.80 Å². The Balaban J connectivity index is 2.04. The van der Waals surface area contributed by atoms with E-state index in [2.05, 4.69) is 41.8 Å². The van der Waals surface area contributed by atoms with E-state index in [-0.39, 0.29) is 11.9 Å². The van der Waals surface area contributed by atoms with E-state index in [0.717, 1.165) is 25.2 Å². The molecule has 0 saturated carbocycles. The number of halogens is 1. The van der Waals surface area contributed by atoms with E-state index in [4.69, 9.17) is 0 Å². The second kappa shape index (κ2) is 7.04. The fraction of sp³-hybridized carbons (Fsp3) is 0.643. The Labute approximate surface area is 132 Å². The van der Waals surface area contributed by atoms with Crippen LogP contribution in [0.2, 0.25) is 0 Å². The van der Waals surface area contributed by atoms with Crippen LogP contribution in [0.15, 0.2) is 11.4 Å². The van der Waals surface area contributed by atoms with Gasteiger partial charge in [0, 0.05) is 18.0 Å². The minimum atomic E-state index is 0.180. The molecule has 5 heteroatoms. The smallest absolute Gasteiger partial charge is 0.254 e. The summed E-state index contributed by atoms with van der Waals surface area (Å²) in [4.78, 5) is 14.6. The van der Waals surface area contributed by atoms with Gasteiger partial charge in [-0.05, 0) is 74.4 Å². The zero-order valence-corrected chi connectivity index (χ0v) is 14.5. The van der Waals surface area contributed by atoms with Crippen molar-refractivity contribution >= 4 is 39.8 Å². The predicted octanol–water partition coefficient (Wildman–Crippen LogP) is 3.20. The molecular weight excluding hydrogens is 371 g/mol. The molecule has 1 unspecified atom stereocenters. The van der Waals surface area contributed by atoms with Crippen LogP contribution in [0.4, 0.5) is 0 Å². The molecule has 1 atom stereocenters. The molecule has 1 amide bonds. The van der Waals surface area contributed by atoms with Crippen LogP contribution in [0.3, 0.4) is 0 Å². The monoisotopic (exact) mass is 392 g/mol. The Morgan fingerprint density at radius 2 is 2.42 bits per heavy atom. The van der Waals surface area contributed by atoms with Crippen LogP contribution >= 0.6 is 33.9 Å². The first-order chi connectivity index (χ1) is 9.08. The number of hydrogen-bond donors (Lipinski definition) is 1. The number of amides is 1. The molecule has 3 nitrogen and oxygen atoms in total. The summed E-state index contributed by atoms with van der Waals surface area (Å²) in [5.74, 6) is 0.776. The maximum absolute atomic E-state index is 12.6. The maximum Gasteiger partial charge on any atom is 0.254 e. The molecule has 0 aliphatic carbocycles. The van der Waals surface area contributed by atoms with Crippen molar-refractivity contribution in [1.29, 1.82) is 0 Å². The first kappa shape index (κ1) is 15.3. The Morgan fingerprint density at radius 1 is 1.63 bits per heavy atom. The van der Waals surface area contributed by atoms with Crippen LogP contribution in [-0.4, -0.2) is 36.5 Å². The number of hydrogen-bond acceptors (Lipinski definition) is 3. The molecule has 1 aliphatic heterocycles. The number of piperidine rings is 1. The van der Waals surface area contributed by atoms with Crippen LogP contribution in [0.1, 0.15) is 37.0 Å². The first-order valence-electron chi connectivity index (χ1n) is 6.83. The average Bonchev–Trinajstić information content (AvgIpc) is 2.83. The Hall–Kier alpha value is -0.140. The molecule has 19 heavy (non-hydrogen) atoms. The van der Waals surface area contributed by atoms with E-state index < -0.39 is 0 Å². The van der Waals surface area contributed by atoms with E-state index in [1.54, 1.807) is 11.3 Å². The molecule has 2 rings (SSSR count). The minimum absolute atomic E-state index is 0.180. The molecule has 1 aromatic heterocycles. The number of carbonyl (C=O) groups is 1. The highest BCUT2D eigenvalue weighted by Crippen LogP contribution is 2.21. The Morgan fingerprint density at radius 3 is 2.95 bits per heavy atom. The summed E-state index contributed by atoms with van der Waals surface area (Å²) < 4.78 is 1.17. The molecular formula is C14H21IN2OS. The second-order valence-corrected chi connectivity index (χ2v) is 8.21. The lowest BCUT2D eigenvalue weighted by atomic mass is 9.98. The molecule has 2 heterocycles. The zero-order chi connectivity index (χ0) is 13.8. The third-order valence-electron chi connectivity index (χ3n) is 3.55. The van der Waals surface area contributed by atoms with Crippen LogP contribution in [0.25, 0.3) is 0 Å². The van der Waals surface area contributed by atoms with Crippen molar-refractivity contribution in [3.63, 3.8) is 0 Å². The minimum Gasteiger partial charge on any atom is -0.336 e. The topological polar surface area (TPSA) is 32.3 Å².